The van der Waals surface area contributed by atoms with Crippen LogP contribution in [-0.4, -0.2) is 17.7 Å². The van der Waals surface area contributed by atoms with Gasteiger partial charge in [0.2, 0.25) is 0 Å². The molecule has 3 amide bonds. The van der Waals surface area contributed by atoms with Crippen LogP contribution in [0.25, 0.3) is 0 Å². The average molecular weight is 422 g/mol. The fourth-order valence-corrected chi connectivity index (χ4v) is 2.97. The van der Waals surface area contributed by atoms with Gasteiger partial charge in [-0.3, -0.25) is 14.4 Å². The van der Waals surface area contributed by atoms with Crippen LogP contribution in [0.1, 0.15) is 21.5 Å². The van der Waals surface area contributed by atoms with Crippen molar-refractivity contribution < 1.29 is 14.4 Å². The van der Waals surface area contributed by atoms with Gasteiger partial charge in [-0.1, -0.05) is 66.2 Å². The second-order valence-corrected chi connectivity index (χ2v) is 6.92. The van der Waals surface area contributed by atoms with Crippen LogP contribution in [0.5, 0.6) is 0 Å². The molecule has 0 radical (unpaired) electrons. The van der Waals surface area contributed by atoms with Gasteiger partial charge in [-0.2, -0.15) is 0 Å². The number of benzene rings is 3. The van der Waals surface area contributed by atoms with Gasteiger partial charge in [0.05, 0.1) is 11.3 Å². The topological polar surface area (TPSA) is 87.3 Å². The number of hydrogen-bond acceptors (Lipinski definition) is 3. The molecule has 3 aromatic carbocycles. The maximum absolute atomic E-state index is 12.6. The van der Waals surface area contributed by atoms with Gasteiger partial charge < -0.3 is 16.0 Å². The minimum Gasteiger partial charge on any atom is -0.348 e. The molecule has 0 spiro atoms. The van der Waals surface area contributed by atoms with E-state index in [-0.39, 0.29) is 23.7 Å². The lowest BCUT2D eigenvalue weighted by Gasteiger charge is -2.12. The predicted octanol–water partition coefficient (Wildman–Crippen LogP) is 3.52. The first-order valence-corrected chi connectivity index (χ1v) is 9.65. The summed E-state index contributed by atoms with van der Waals surface area (Å²) in [6.45, 7) is 0.508. The van der Waals surface area contributed by atoms with Gasteiger partial charge in [-0.05, 0) is 35.4 Å². The number of carbonyl (C=O) groups is 3. The number of anilines is 1. The Hall–Kier alpha value is -3.64. The van der Waals surface area contributed by atoms with Crippen molar-refractivity contribution >= 4 is 35.0 Å². The first kappa shape index (κ1) is 21.1. The van der Waals surface area contributed by atoms with E-state index in [1.165, 1.54) is 0 Å². The monoisotopic (exact) mass is 421 g/mol. The van der Waals surface area contributed by atoms with E-state index in [1.807, 2.05) is 30.3 Å². The molecule has 0 fully saturated rings. The molecule has 3 aromatic rings. The minimum atomic E-state index is -0.861. The highest BCUT2D eigenvalue weighted by Gasteiger charge is 2.17. The summed E-state index contributed by atoms with van der Waals surface area (Å²) in [5.41, 5.74) is 2.24. The standard InChI is InChI=1S/C23H20ClN3O3/c24-18-10-6-9-17(13-18)15-26-22(29)23(30)27-20-12-5-4-11-19(20)21(28)25-14-16-7-2-1-3-8-16/h1-13H,14-15H2,(H,25,28)(H,26,29)(H,27,30). The third kappa shape index (κ3) is 5.93. The Labute approximate surface area is 179 Å². The van der Waals surface area contributed by atoms with Crippen LogP contribution in [-0.2, 0) is 22.7 Å². The van der Waals surface area contributed by atoms with Crippen molar-refractivity contribution in [2.24, 2.45) is 0 Å². The Morgan fingerprint density at radius 2 is 1.37 bits per heavy atom. The summed E-state index contributed by atoms with van der Waals surface area (Å²) in [5, 5.41) is 8.38. The summed E-state index contributed by atoms with van der Waals surface area (Å²) >= 11 is 5.91. The molecule has 6 nitrogen and oxygen atoms in total. The molecule has 7 heteroatoms. The molecule has 0 aromatic heterocycles. The third-order valence-corrected chi connectivity index (χ3v) is 4.50. The number of amides is 3. The molecule has 0 unspecified atom stereocenters. The lowest BCUT2D eigenvalue weighted by atomic mass is 10.1. The van der Waals surface area contributed by atoms with Crippen LogP contribution >= 0.6 is 11.6 Å². The summed E-state index contributed by atoms with van der Waals surface area (Å²) in [7, 11) is 0. The second kappa shape index (κ2) is 10.2. The lowest BCUT2D eigenvalue weighted by molar-refractivity contribution is -0.136. The Kier molecular flexibility index (Phi) is 7.19. The van der Waals surface area contributed by atoms with Crippen molar-refractivity contribution in [2.45, 2.75) is 13.1 Å². The zero-order valence-corrected chi connectivity index (χ0v) is 16.8. The minimum absolute atomic E-state index is 0.159. The van der Waals surface area contributed by atoms with Gasteiger partial charge in [0, 0.05) is 18.1 Å². The summed E-state index contributed by atoms with van der Waals surface area (Å²) in [6.07, 6.45) is 0. The van der Waals surface area contributed by atoms with Gasteiger partial charge in [0.1, 0.15) is 0 Å². The van der Waals surface area contributed by atoms with Crippen molar-refractivity contribution in [3.05, 3.63) is 101 Å². The summed E-state index contributed by atoms with van der Waals surface area (Å²) < 4.78 is 0. The van der Waals surface area contributed by atoms with E-state index in [9.17, 15) is 14.4 Å². The molecule has 0 saturated heterocycles. The van der Waals surface area contributed by atoms with E-state index < -0.39 is 11.8 Å². The van der Waals surface area contributed by atoms with Crippen molar-refractivity contribution in [3.63, 3.8) is 0 Å². The zero-order valence-electron chi connectivity index (χ0n) is 16.0. The summed E-state index contributed by atoms with van der Waals surface area (Å²) in [5.74, 6) is -2.02. The maximum atomic E-state index is 12.6. The largest absolute Gasteiger partial charge is 0.348 e. The zero-order chi connectivity index (χ0) is 21.3. The Balaban J connectivity index is 1.59. The van der Waals surface area contributed by atoms with Gasteiger partial charge >= 0.3 is 11.8 Å². The molecule has 0 aliphatic rings. The van der Waals surface area contributed by atoms with Crippen LogP contribution in [0, 0.1) is 0 Å². The highest BCUT2D eigenvalue weighted by molar-refractivity contribution is 6.40. The van der Waals surface area contributed by atoms with E-state index in [4.69, 9.17) is 11.6 Å². The smallest absolute Gasteiger partial charge is 0.313 e. The van der Waals surface area contributed by atoms with E-state index in [2.05, 4.69) is 16.0 Å². The normalized spacial score (nSPS) is 10.2. The van der Waals surface area contributed by atoms with E-state index >= 15 is 0 Å². The number of hydrogen-bond donors (Lipinski definition) is 3. The molecule has 0 aliphatic carbocycles. The summed E-state index contributed by atoms with van der Waals surface area (Å²) in [6, 6.07) is 23.0. The van der Waals surface area contributed by atoms with Gasteiger partial charge in [0.25, 0.3) is 5.91 Å². The van der Waals surface area contributed by atoms with Crippen molar-refractivity contribution in [1.29, 1.82) is 0 Å². The average Bonchev–Trinajstić information content (AvgIpc) is 2.77. The van der Waals surface area contributed by atoms with Gasteiger partial charge in [-0.15, -0.1) is 0 Å². The molecule has 0 saturated carbocycles. The highest BCUT2D eigenvalue weighted by Crippen LogP contribution is 2.15. The molecule has 3 rings (SSSR count). The van der Waals surface area contributed by atoms with Crippen molar-refractivity contribution in [2.75, 3.05) is 5.32 Å². The van der Waals surface area contributed by atoms with Crippen molar-refractivity contribution in [3.8, 4) is 0 Å². The molecule has 0 atom stereocenters. The van der Waals surface area contributed by atoms with Crippen LogP contribution in [0.4, 0.5) is 5.69 Å². The van der Waals surface area contributed by atoms with E-state index in [0.717, 1.165) is 11.1 Å². The van der Waals surface area contributed by atoms with Crippen LogP contribution < -0.4 is 16.0 Å². The quantitative estimate of drug-likeness (QED) is 0.532. The SMILES string of the molecule is O=C(NCc1cccc(Cl)c1)C(=O)Nc1ccccc1C(=O)NCc1ccccc1. The van der Waals surface area contributed by atoms with Crippen LogP contribution in [0.3, 0.4) is 0 Å². The first-order chi connectivity index (χ1) is 14.5. The Morgan fingerprint density at radius 1 is 0.700 bits per heavy atom. The summed E-state index contributed by atoms with van der Waals surface area (Å²) in [4.78, 5) is 37.0. The first-order valence-electron chi connectivity index (χ1n) is 9.27. The molecule has 152 valence electrons. The third-order valence-electron chi connectivity index (χ3n) is 4.26. The van der Waals surface area contributed by atoms with Crippen molar-refractivity contribution in [1.82, 2.24) is 10.6 Å². The highest BCUT2D eigenvalue weighted by atomic mass is 35.5. The molecule has 0 heterocycles. The number of carbonyl (C=O) groups excluding carboxylic acids is 3. The predicted molar refractivity (Wildman–Crippen MR) is 116 cm³/mol. The number of para-hydroxylation sites is 1. The number of nitrogens with one attached hydrogen (secondary N) is 3. The van der Waals surface area contributed by atoms with Crippen LogP contribution in [0.15, 0.2) is 78.9 Å². The Bertz CT molecular complexity index is 1050. The molecule has 3 N–H and O–H groups in total. The molecular weight excluding hydrogens is 402 g/mol. The number of rotatable bonds is 6. The van der Waals surface area contributed by atoms with E-state index in [0.29, 0.717) is 11.6 Å². The molecule has 30 heavy (non-hydrogen) atoms. The maximum Gasteiger partial charge on any atom is 0.313 e. The fourth-order valence-electron chi connectivity index (χ4n) is 2.75. The number of halogens is 1. The molecule has 0 aliphatic heterocycles. The molecule has 0 bridgehead atoms. The van der Waals surface area contributed by atoms with E-state index in [1.54, 1.807) is 48.5 Å². The second-order valence-electron chi connectivity index (χ2n) is 6.48. The Morgan fingerprint density at radius 3 is 2.13 bits per heavy atom. The lowest BCUT2D eigenvalue weighted by Crippen LogP contribution is -2.35. The van der Waals surface area contributed by atoms with Gasteiger partial charge in [-0.25, -0.2) is 0 Å². The van der Waals surface area contributed by atoms with Crippen LogP contribution in [0.2, 0.25) is 5.02 Å². The van der Waals surface area contributed by atoms with Gasteiger partial charge in [0.15, 0.2) is 0 Å². The fraction of sp³-hybridized carbons (Fsp3) is 0.0870. The molecular formula is C23H20ClN3O3.